The first kappa shape index (κ1) is 47.9. The molecule has 0 atom stereocenters. The summed E-state index contributed by atoms with van der Waals surface area (Å²) < 4.78 is 2.46. The molecule has 0 unspecified atom stereocenters. The summed E-state index contributed by atoms with van der Waals surface area (Å²) in [6.07, 6.45) is 0. The Morgan fingerprint density at radius 3 is 1.07 bits per heavy atom. The average Bonchev–Trinajstić information content (AvgIpc) is 3.68. The lowest BCUT2D eigenvalue weighted by molar-refractivity contribution is 0.660. The third kappa shape index (κ3) is 7.27. The van der Waals surface area contributed by atoms with Gasteiger partial charge in [0.25, 0.3) is 0 Å². The molecule has 0 spiro atoms. The number of aromatic nitrogens is 1. The lowest BCUT2D eigenvalue weighted by atomic mass is 9.81. The molecule has 0 fully saturated rings. The van der Waals surface area contributed by atoms with Crippen molar-refractivity contribution in [1.82, 2.24) is 4.57 Å². The van der Waals surface area contributed by atoms with Gasteiger partial charge in [0.15, 0.2) is 0 Å². The maximum Gasteiger partial charge on any atom is 0.0541 e. The van der Waals surface area contributed by atoms with E-state index < -0.39 is 0 Å². The number of fused-ring (bicyclic) bond motifs is 11. The van der Waals surface area contributed by atoms with Crippen LogP contribution in [0.3, 0.4) is 0 Å². The second-order valence-electron chi connectivity index (χ2n) is 23.6. The Labute approximate surface area is 479 Å². The molecule has 0 saturated carbocycles. The van der Waals surface area contributed by atoms with Gasteiger partial charge in [-0.2, -0.15) is 0 Å². The molecule has 1 heterocycles. The number of anilines is 3. The summed E-state index contributed by atoms with van der Waals surface area (Å²) in [5.74, 6) is 0. The standard InChI is InChI=1S/C80H58N2/c1-79(2)71-29-17-15-23-61(71)63-43-33-55(49-73(63)79)53-35-45-75-69(47-53)70-48-54(56-34-44-64-62-24-16-18-30-72(62)80(3,4)74(64)50-56)36-46-76(70)82(75)60-41-39-59(40-42-60)81(57-21-9-6-10-22-57)58-37-31-52(32-38-58)78-67-27-13-11-25-65(67)77(51-19-7-5-8-20-51)66-26-12-14-28-68(66)78/h5-50H,1-4H3. The highest BCUT2D eigenvalue weighted by atomic mass is 15.1. The van der Waals surface area contributed by atoms with E-state index >= 15 is 0 Å². The van der Waals surface area contributed by atoms with E-state index in [-0.39, 0.29) is 10.8 Å². The van der Waals surface area contributed by atoms with Gasteiger partial charge in [-0.1, -0.05) is 222 Å². The Hall–Kier alpha value is -10.0. The lowest BCUT2D eigenvalue weighted by Gasteiger charge is -2.26. The number of nitrogens with zero attached hydrogens (tertiary/aromatic N) is 2. The molecule has 0 aliphatic heterocycles. The Morgan fingerprint density at radius 1 is 0.256 bits per heavy atom. The first-order valence-electron chi connectivity index (χ1n) is 28.8. The van der Waals surface area contributed by atoms with E-state index in [1.54, 1.807) is 0 Å². The smallest absolute Gasteiger partial charge is 0.0541 e. The largest absolute Gasteiger partial charge is 0.311 e. The van der Waals surface area contributed by atoms with E-state index in [0.717, 1.165) is 22.7 Å². The van der Waals surface area contributed by atoms with Crippen LogP contribution in [0.15, 0.2) is 279 Å². The van der Waals surface area contributed by atoms with E-state index in [9.17, 15) is 0 Å². The first-order chi connectivity index (χ1) is 40.2. The van der Waals surface area contributed by atoms with Crippen molar-refractivity contribution in [3.8, 4) is 72.4 Å². The quantitative estimate of drug-likeness (QED) is 0.138. The fourth-order valence-electron chi connectivity index (χ4n) is 14.3. The van der Waals surface area contributed by atoms with Gasteiger partial charge in [0, 0.05) is 44.4 Å². The molecule has 2 nitrogen and oxygen atoms in total. The molecule has 13 aromatic carbocycles. The van der Waals surface area contributed by atoms with Crippen molar-refractivity contribution >= 4 is 60.4 Å². The monoisotopic (exact) mass is 1050 g/mol. The number of para-hydroxylation sites is 1. The molecule has 1 aromatic heterocycles. The SMILES string of the molecule is CC1(C)c2ccccc2-c2ccc(-c3ccc4c(c3)c3cc(-c5ccc6c(c5)C(C)(C)c5ccccc5-6)ccc3n4-c3ccc(N(c4ccccc4)c4ccc(-c5c6ccccc6c(-c6ccccc6)c6ccccc56)cc4)cc3)cc21. The molecule has 2 aliphatic carbocycles. The van der Waals surface area contributed by atoms with Crippen LogP contribution in [0.2, 0.25) is 0 Å². The van der Waals surface area contributed by atoms with Crippen LogP contribution in [0.1, 0.15) is 49.9 Å². The highest BCUT2D eigenvalue weighted by Crippen LogP contribution is 2.52. The molecule has 14 aromatic rings. The van der Waals surface area contributed by atoms with Crippen LogP contribution in [0, 0.1) is 0 Å². The highest BCUT2D eigenvalue weighted by Gasteiger charge is 2.37. The number of benzene rings is 13. The summed E-state index contributed by atoms with van der Waals surface area (Å²) in [6.45, 7) is 9.48. The summed E-state index contributed by atoms with van der Waals surface area (Å²) in [6, 6.07) is 104. The molecule has 82 heavy (non-hydrogen) atoms. The summed E-state index contributed by atoms with van der Waals surface area (Å²) >= 11 is 0. The molecule has 0 saturated heterocycles. The van der Waals surface area contributed by atoms with Crippen LogP contribution < -0.4 is 4.90 Å². The van der Waals surface area contributed by atoms with Gasteiger partial charge in [0.05, 0.1) is 11.0 Å². The minimum Gasteiger partial charge on any atom is -0.311 e. The van der Waals surface area contributed by atoms with Crippen LogP contribution in [-0.2, 0) is 10.8 Å². The topological polar surface area (TPSA) is 8.17 Å². The number of rotatable bonds is 8. The van der Waals surface area contributed by atoms with Crippen molar-refractivity contribution in [2.24, 2.45) is 0 Å². The minimum atomic E-state index is -0.0883. The van der Waals surface area contributed by atoms with Crippen LogP contribution in [-0.4, -0.2) is 4.57 Å². The van der Waals surface area contributed by atoms with Gasteiger partial charge in [-0.3, -0.25) is 0 Å². The van der Waals surface area contributed by atoms with Crippen molar-refractivity contribution in [3.05, 3.63) is 301 Å². The maximum atomic E-state index is 2.46. The first-order valence-corrected chi connectivity index (χ1v) is 28.8. The van der Waals surface area contributed by atoms with E-state index in [1.807, 2.05) is 0 Å². The second-order valence-corrected chi connectivity index (χ2v) is 23.6. The molecule has 0 bridgehead atoms. The Balaban J connectivity index is 0.812. The van der Waals surface area contributed by atoms with Crippen LogP contribution in [0.5, 0.6) is 0 Å². The zero-order valence-corrected chi connectivity index (χ0v) is 46.5. The molecule has 2 aliphatic rings. The number of hydrogen-bond donors (Lipinski definition) is 0. The van der Waals surface area contributed by atoms with Gasteiger partial charge in [-0.15, -0.1) is 0 Å². The van der Waals surface area contributed by atoms with Crippen molar-refractivity contribution in [1.29, 1.82) is 0 Å². The van der Waals surface area contributed by atoms with Crippen LogP contribution >= 0.6 is 0 Å². The van der Waals surface area contributed by atoms with Crippen LogP contribution in [0.25, 0.3) is 116 Å². The fraction of sp³-hybridized carbons (Fsp3) is 0.0750. The zero-order chi connectivity index (χ0) is 54.8. The third-order valence-corrected chi connectivity index (χ3v) is 18.4. The molecular formula is C80H58N2. The van der Waals surface area contributed by atoms with Gasteiger partial charge in [0.2, 0.25) is 0 Å². The zero-order valence-electron chi connectivity index (χ0n) is 46.5. The predicted molar refractivity (Wildman–Crippen MR) is 347 cm³/mol. The molecular weight excluding hydrogens is 989 g/mol. The predicted octanol–water partition coefficient (Wildman–Crippen LogP) is 21.8. The Morgan fingerprint density at radius 2 is 0.598 bits per heavy atom. The second kappa shape index (κ2) is 18.3. The van der Waals surface area contributed by atoms with Gasteiger partial charge in [-0.25, -0.2) is 0 Å². The third-order valence-electron chi connectivity index (χ3n) is 18.4. The summed E-state index contributed by atoms with van der Waals surface area (Å²) in [5, 5.41) is 7.47. The van der Waals surface area contributed by atoms with Crippen LogP contribution in [0.4, 0.5) is 17.1 Å². The van der Waals surface area contributed by atoms with Gasteiger partial charge < -0.3 is 9.47 Å². The Bertz CT molecular complexity index is 4660. The van der Waals surface area contributed by atoms with E-state index in [1.165, 1.54) is 132 Å². The molecule has 16 rings (SSSR count). The lowest BCUT2D eigenvalue weighted by Crippen LogP contribution is -2.14. The van der Waals surface area contributed by atoms with Gasteiger partial charge in [-0.05, 0) is 195 Å². The van der Waals surface area contributed by atoms with Crippen molar-refractivity contribution in [3.63, 3.8) is 0 Å². The Kier molecular flexibility index (Phi) is 10.7. The highest BCUT2D eigenvalue weighted by molar-refractivity contribution is 6.21. The maximum absolute atomic E-state index is 2.46. The van der Waals surface area contributed by atoms with Crippen molar-refractivity contribution in [2.45, 2.75) is 38.5 Å². The van der Waals surface area contributed by atoms with E-state index in [0.29, 0.717) is 0 Å². The molecule has 0 N–H and O–H groups in total. The van der Waals surface area contributed by atoms with E-state index in [2.05, 4.69) is 316 Å². The summed E-state index contributed by atoms with van der Waals surface area (Å²) in [7, 11) is 0. The minimum absolute atomic E-state index is 0.0883. The molecule has 0 amide bonds. The summed E-state index contributed by atoms with van der Waals surface area (Å²) in [5.41, 5.74) is 27.3. The fourth-order valence-corrected chi connectivity index (χ4v) is 14.3. The normalized spacial score (nSPS) is 13.6. The van der Waals surface area contributed by atoms with Crippen molar-refractivity contribution < 1.29 is 0 Å². The molecule has 388 valence electrons. The van der Waals surface area contributed by atoms with Gasteiger partial charge in [0.1, 0.15) is 0 Å². The molecule has 2 heteroatoms. The van der Waals surface area contributed by atoms with E-state index in [4.69, 9.17) is 0 Å². The van der Waals surface area contributed by atoms with Gasteiger partial charge >= 0.3 is 0 Å². The summed E-state index contributed by atoms with van der Waals surface area (Å²) in [4.78, 5) is 2.37. The molecule has 0 radical (unpaired) electrons. The number of hydrogen-bond acceptors (Lipinski definition) is 1. The average molecular weight is 1050 g/mol. The van der Waals surface area contributed by atoms with Crippen molar-refractivity contribution in [2.75, 3.05) is 4.90 Å².